The van der Waals surface area contributed by atoms with Crippen molar-refractivity contribution >= 4 is 4.28 Å². The van der Waals surface area contributed by atoms with E-state index in [1.54, 1.807) is 0 Å². The summed E-state index contributed by atoms with van der Waals surface area (Å²) in [5, 5.41) is 0. The molecule has 17 heavy (non-hydrogen) atoms. The van der Waals surface area contributed by atoms with Gasteiger partial charge in [-0.05, 0) is 0 Å². The van der Waals surface area contributed by atoms with Gasteiger partial charge in [0, 0.05) is 0 Å². The molecule has 0 heterocycles. The van der Waals surface area contributed by atoms with Crippen LogP contribution in [-0.4, -0.2) is 0 Å². The van der Waals surface area contributed by atoms with Crippen molar-refractivity contribution in [3.05, 3.63) is 53.6 Å². The van der Waals surface area contributed by atoms with Gasteiger partial charge < -0.3 is 37.2 Å². The Morgan fingerprint density at radius 2 is 1.41 bits per heavy atom. The van der Waals surface area contributed by atoms with Gasteiger partial charge in [0.05, 0.1) is 0 Å². The standard InChI is InChI=1S/C13H9.3ClH.V/c1-3-7-12-10(5-1)9-11-6-2-4-8-13(11)12;;;;/h1-5,7-8H,9H2;3*1H;/q;;;;+3/p-3. The monoisotopic (exact) mass is 321 g/mol. The molecule has 0 unspecified atom stereocenters. The van der Waals surface area contributed by atoms with Crippen molar-refractivity contribution < 1.29 is 54.6 Å². The normalized spacial score (nSPS) is 10.2. The molecular formula is C13H9Cl3V. The topological polar surface area (TPSA) is 0 Å². The summed E-state index contributed by atoms with van der Waals surface area (Å²) in [6.07, 6.45) is 1.09. The molecule has 0 atom stereocenters. The molecule has 1 aliphatic rings. The third kappa shape index (κ3) is 2.84. The molecular weight excluding hydrogens is 313 g/mol. The molecule has 0 aliphatic heterocycles. The fraction of sp³-hybridized carbons (Fsp3) is 0.0769. The molecule has 0 aromatic heterocycles. The van der Waals surface area contributed by atoms with Gasteiger partial charge in [-0.2, -0.15) is 0 Å². The van der Waals surface area contributed by atoms with Crippen LogP contribution >= 0.6 is 0 Å². The fourth-order valence-corrected chi connectivity index (χ4v) is 2.59. The van der Waals surface area contributed by atoms with Crippen molar-refractivity contribution in [3.8, 4) is 11.1 Å². The SMILES string of the molecule is [Cl-].[Cl-].[Cl-].[V+3][c]1cccc2c1Cc1ccccc1-2. The Labute approximate surface area is 129 Å². The number of fused-ring (bicyclic) bond motifs is 3. The molecule has 0 fully saturated rings. The summed E-state index contributed by atoms with van der Waals surface area (Å²) in [4.78, 5) is 0. The van der Waals surface area contributed by atoms with Gasteiger partial charge >= 0.3 is 92.8 Å². The fourth-order valence-electron chi connectivity index (χ4n) is 2.14. The van der Waals surface area contributed by atoms with Gasteiger partial charge in [0.15, 0.2) is 0 Å². The van der Waals surface area contributed by atoms with Crippen molar-refractivity contribution in [2.45, 2.75) is 6.42 Å². The van der Waals surface area contributed by atoms with Crippen LogP contribution in [-0.2, 0) is 23.8 Å². The predicted octanol–water partition coefficient (Wildman–Crippen LogP) is -6.56. The maximum atomic E-state index is 2.67. The van der Waals surface area contributed by atoms with Crippen LogP contribution in [0.4, 0.5) is 0 Å². The first-order valence-corrected chi connectivity index (χ1v) is 5.45. The van der Waals surface area contributed by atoms with Crippen LogP contribution in [0.25, 0.3) is 11.1 Å². The van der Waals surface area contributed by atoms with Crippen LogP contribution in [0, 0.1) is 0 Å². The molecule has 0 saturated heterocycles. The van der Waals surface area contributed by atoms with Crippen LogP contribution in [0.5, 0.6) is 0 Å². The molecule has 2 aromatic rings. The van der Waals surface area contributed by atoms with E-state index in [1.165, 1.54) is 26.5 Å². The molecule has 0 N–H and O–H groups in total. The molecule has 2 aromatic carbocycles. The number of benzene rings is 2. The van der Waals surface area contributed by atoms with E-state index in [1.807, 2.05) is 0 Å². The van der Waals surface area contributed by atoms with Gasteiger partial charge in [-0.3, -0.25) is 0 Å². The van der Waals surface area contributed by atoms with Gasteiger partial charge in [0.25, 0.3) is 0 Å². The van der Waals surface area contributed by atoms with Crippen molar-refractivity contribution in [1.29, 1.82) is 0 Å². The van der Waals surface area contributed by atoms with Crippen molar-refractivity contribution in [2.24, 2.45) is 0 Å². The average molecular weight is 323 g/mol. The summed E-state index contributed by atoms with van der Waals surface area (Å²) in [6, 6.07) is 15.2. The van der Waals surface area contributed by atoms with Crippen molar-refractivity contribution in [3.63, 3.8) is 0 Å². The Hall–Kier alpha value is -0.106. The zero-order valence-electron chi connectivity index (χ0n) is 8.83. The Kier molecular flexibility index (Phi) is 6.69. The average Bonchev–Trinajstić information content (AvgIpc) is 2.59. The van der Waals surface area contributed by atoms with E-state index in [4.69, 9.17) is 0 Å². The molecule has 3 rings (SSSR count). The Bertz CT molecular complexity index is 512. The summed E-state index contributed by atoms with van der Waals surface area (Å²) in [7, 11) is 0. The van der Waals surface area contributed by atoms with E-state index in [0.717, 1.165) is 6.42 Å². The molecule has 1 aliphatic carbocycles. The summed E-state index contributed by atoms with van der Waals surface area (Å²) in [6.45, 7) is 0. The maximum absolute atomic E-state index is 2.67. The van der Waals surface area contributed by atoms with E-state index in [9.17, 15) is 0 Å². The number of rotatable bonds is 0. The van der Waals surface area contributed by atoms with Gasteiger partial charge in [-0.25, -0.2) is 0 Å². The molecule has 4 heteroatoms. The Balaban J connectivity index is 0.000000853. The van der Waals surface area contributed by atoms with Gasteiger partial charge in [0.1, 0.15) is 0 Å². The van der Waals surface area contributed by atoms with Crippen LogP contribution in [0.2, 0.25) is 0 Å². The molecule has 0 bridgehead atoms. The Morgan fingerprint density at radius 1 is 0.765 bits per heavy atom. The summed E-state index contributed by atoms with van der Waals surface area (Å²) in [5.41, 5.74) is 5.77. The molecule has 0 amide bonds. The first kappa shape index (κ1) is 16.9. The van der Waals surface area contributed by atoms with Gasteiger partial charge in [-0.1, -0.05) is 0 Å². The predicted molar refractivity (Wildman–Crippen MR) is 54.3 cm³/mol. The quantitative estimate of drug-likeness (QED) is 0.386. The minimum absolute atomic E-state index is 0. The van der Waals surface area contributed by atoms with Crippen molar-refractivity contribution in [1.82, 2.24) is 0 Å². The van der Waals surface area contributed by atoms with Gasteiger partial charge in [0.2, 0.25) is 0 Å². The van der Waals surface area contributed by atoms with Crippen molar-refractivity contribution in [2.75, 3.05) is 0 Å². The van der Waals surface area contributed by atoms with Crippen LogP contribution < -0.4 is 41.5 Å². The van der Waals surface area contributed by atoms with E-state index in [0.29, 0.717) is 0 Å². The zero-order valence-corrected chi connectivity index (χ0v) is 12.5. The number of halogens is 3. The van der Waals surface area contributed by atoms with E-state index in [-0.39, 0.29) is 37.2 Å². The van der Waals surface area contributed by atoms with Gasteiger partial charge in [-0.15, -0.1) is 0 Å². The number of hydrogen-bond acceptors (Lipinski definition) is 0. The summed E-state index contributed by atoms with van der Waals surface area (Å²) >= 11 is 2.67. The molecule has 0 nitrogen and oxygen atoms in total. The van der Waals surface area contributed by atoms with E-state index >= 15 is 0 Å². The van der Waals surface area contributed by atoms with Crippen LogP contribution in [0.3, 0.4) is 0 Å². The van der Waals surface area contributed by atoms with Crippen LogP contribution in [0.1, 0.15) is 11.1 Å². The second-order valence-electron chi connectivity index (χ2n) is 3.64. The molecule has 87 valence electrons. The molecule has 0 spiro atoms. The second kappa shape index (κ2) is 6.73. The minimum atomic E-state index is 0. The third-order valence-corrected chi connectivity index (χ3v) is 3.48. The Morgan fingerprint density at radius 3 is 2.18 bits per heavy atom. The third-order valence-electron chi connectivity index (χ3n) is 2.83. The van der Waals surface area contributed by atoms with E-state index < -0.39 is 0 Å². The summed E-state index contributed by atoms with van der Waals surface area (Å²) < 4.78 is 1.35. The van der Waals surface area contributed by atoms with E-state index in [2.05, 4.69) is 59.9 Å². The first-order valence-electron chi connectivity index (χ1n) is 4.75. The zero-order chi connectivity index (χ0) is 9.54. The first-order chi connectivity index (χ1) is 6.86. The number of hydrogen-bond donors (Lipinski definition) is 0. The molecule has 0 saturated carbocycles. The molecule has 0 radical (unpaired) electrons. The second-order valence-corrected chi connectivity index (χ2v) is 4.39. The van der Waals surface area contributed by atoms with Crippen LogP contribution in [0.15, 0.2) is 42.5 Å². The summed E-state index contributed by atoms with van der Waals surface area (Å²) in [5.74, 6) is 0.